The molecule has 3 heterocycles. The van der Waals surface area contributed by atoms with Gasteiger partial charge in [-0.05, 0) is 40.7 Å². The summed E-state index contributed by atoms with van der Waals surface area (Å²) in [5, 5.41) is 0.331. The fraction of sp³-hybridized carbons (Fsp3) is 0.600. The van der Waals surface area contributed by atoms with E-state index in [-0.39, 0.29) is 45.5 Å². The monoisotopic (exact) mass is 662 g/mol. The van der Waals surface area contributed by atoms with Gasteiger partial charge in [-0.25, -0.2) is 15.0 Å². The Hall–Kier alpha value is -1.94. The molecule has 0 N–H and O–H groups in total. The van der Waals surface area contributed by atoms with Crippen molar-refractivity contribution in [1.29, 1.82) is 0 Å². The average Bonchev–Trinajstić information content (AvgIpc) is 3.50. The number of aromatic nitrogens is 4. The third-order valence-corrected chi connectivity index (χ3v) is 19.6. The van der Waals surface area contributed by atoms with Gasteiger partial charge in [0.2, 0.25) is 0 Å². The van der Waals surface area contributed by atoms with Crippen LogP contribution in [0.15, 0.2) is 43.0 Å². The number of para-hydroxylation sites is 1. The predicted octanol–water partition coefficient (Wildman–Crippen LogP) is 7.75. The minimum absolute atomic E-state index is 0.0157. The van der Waals surface area contributed by atoms with E-state index in [0.717, 1.165) is 0 Å². The van der Waals surface area contributed by atoms with Crippen molar-refractivity contribution in [1.82, 2.24) is 19.5 Å². The number of nitrogens with zero attached hydrogens (tertiary/aromatic N) is 4. The van der Waals surface area contributed by atoms with E-state index in [1.165, 1.54) is 6.33 Å². The Kier molecular flexibility index (Phi) is 9.67. The van der Waals surface area contributed by atoms with Crippen LogP contribution in [-0.4, -0.2) is 60.7 Å². The molecule has 43 heavy (non-hydrogen) atoms. The van der Waals surface area contributed by atoms with Crippen molar-refractivity contribution < 1.29 is 22.4 Å². The van der Waals surface area contributed by atoms with Gasteiger partial charge in [0, 0.05) is 24.7 Å². The van der Waals surface area contributed by atoms with Gasteiger partial charge in [0.1, 0.15) is 23.7 Å². The third kappa shape index (κ3) is 6.04. The standard InChI is InChI=1S/C30H43ClN4O5SSi2/c1-18(2)42(19(3)4)36-15-22-14-24(35-17-34-25-28(31)32-16-33-29(25)35)27(38-30(41)37-23-12-10-9-11-13-23)26(22)39-43(40-42,20(5)6)21(7)8/h9-13,16-22,24,26-27H,14-15H2,1-8H3/t22-,24-,26-,27+/m1/s1. The second kappa shape index (κ2) is 12.8. The van der Waals surface area contributed by atoms with Crippen molar-refractivity contribution >= 4 is 57.3 Å². The van der Waals surface area contributed by atoms with Crippen molar-refractivity contribution in [3.63, 3.8) is 0 Å². The van der Waals surface area contributed by atoms with E-state index < -0.39 is 23.2 Å². The van der Waals surface area contributed by atoms with E-state index in [2.05, 4.69) is 70.3 Å². The smallest absolute Gasteiger partial charge is 0.358 e. The Morgan fingerprint density at radius 3 is 2.23 bits per heavy atom. The van der Waals surface area contributed by atoms with Gasteiger partial charge in [0.05, 0.1) is 18.5 Å². The van der Waals surface area contributed by atoms with E-state index in [0.29, 0.717) is 35.1 Å². The summed E-state index contributed by atoms with van der Waals surface area (Å²) in [6, 6.07) is 9.17. The zero-order valence-electron chi connectivity index (χ0n) is 26.2. The van der Waals surface area contributed by atoms with Crippen LogP contribution in [0.5, 0.6) is 5.75 Å². The molecule has 0 bridgehead atoms. The van der Waals surface area contributed by atoms with E-state index in [4.69, 9.17) is 46.3 Å². The lowest BCUT2D eigenvalue weighted by Gasteiger charge is -2.51. The summed E-state index contributed by atoms with van der Waals surface area (Å²) >= 11 is 12.1. The van der Waals surface area contributed by atoms with Crippen LogP contribution in [0.4, 0.5) is 0 Å². The number of imidazole rings is 1. The third-order valence-electron chi connectivity index (χ3n) is 8.94. The summed E-state index contributed by atoms with van der Waals surface area (Å²) in [5.41, 5.74) is 2.02. The van der Waals surface area contributed by atoms with Crippen LogP contribution in [0.3, 0.4) is 0 Å². The Morgan fingerprint density at radius 1 is 0.953 bits per heavy atom. The first kappa shape index (κ1) is 32.5. The fourth-order valence-electron chi connectivity index (χ4n) is 6.76. The number of thiocarbonyl (C=S) groups is 1. The van der Waals surface area contributed by atoms with Gasteiger partial charge in [-0.1, -0.05) is 85.2 Å². The molecule has 9 nitrogen and oxygen atoms in total. The molecule has 0 spiro atoms. The summed E-state index contributed by atoms with van der Waals surface area (Å²) in [4.78, 5) is 13.2. The van der Waals surface area contributed by atoms with Crippen molar-refractivity contribution in [3.8, 4) is 5.75 Å². The predicted molar refractivity (Wildman–Crippen MR) is 176 cm³/mol. The largest absolute Gasteiger partial charge is 0.448 e. The van der Waals surface area contributed by atoms with Crippen LogP contribution >= 0.6 is 23.8 Å². The van der Waals surface area contributed by atoms with E-state index >= 15 is 0 Å². The Balaban J connectivity index is 1.60. The SMILES string of the molecule is CC(C)[Si]1(C(C)C)OC[C@H]2C[C@@H](n3cnc4c(Cl)ncnc43)[C@H](OC(=S)Oc3ccccc3)[C@@H]2O[Si](C(C)C)(C(C)C)O1. The van der Waals surface area contributed by atoms with Crippen LogP contribution in [0.1, 0.15) is 67.9 Å². The molecule has 4 atom stereocenters. The molecule has 2 fully saturated rings. The maximum absolute atomic E-state index is 7.45. The van der Waals surface area contributed by atoms with E-state index in [1.54, 1.807) is 6.33 Å². The average molecular weight is 663 g/mol. The van der Waals surface area contributed by atoms with E-state index in [9.17, 15) is 0 Å². The maximum Gasteiger partial charge on any atom is 0.358 e. The molecule has 1 saturated heterocycles. The number of fused-ring (bicyclic) bond motifs is 2. The van der Waals surface area contributed by atoms with Crippen LogP contribution in [0.25, 0.3) is 11.2 Å². The molecule has 2 aromatic heterocycles. The Bertz CT molecular complexity index is 1410. The number of halogens is 1. The summed E-state index contributed by atoms with van der Waals surface area (Å²) in [7, 11) is -5.61. The maximum atomic E-state index is 7.45. The minimum atomic E-state index is -2.91. The highest BCUT2D eigenvalue weighted by molar-refractivity contribution is 7.79. The topological polar surface area (TPSA) is 89.8 Å². The number of rotatable bonds is 7. The fourth-order valence-corrected chi connectivity index (χ4v) is 18.4. The van der Waals surface area contributed by atoms with Crippen LogP contribution in [-0.2, 0) is 17.7 Å². The van der Waals surface area contributed by atoms with Gasteiger partial charge in [-0.15, -0.1) is 0 Å². The molecule has 1 aromatic carbocycles. The van der Waals surface area contributed by atoms with Crippen LogP contribution < -0.4 is 4.74 Å². The van der Waals surface area contributed by atoms with Gasteiger partial charge in [0.25, 0.3) is 0 Å². The highest BCUT2D eigenvalue weighted by atomic mass is 35.5. The lowest BCUT2D eigenvalue weighted by atomic mass is 10.1. The molecule has 0 amide bonds. The second-order valence-electron chi connectivity index (χ2n) is 12.9. The molecule has 1 aliphatic carbocycles. The first-order valence-electron chi connectivity index (χ1n) is 15.2. The van der Waals surface area contributed by atoms with Gasteiger partial charge < -0.3 is 27.0 Å². The highest BCUT2D eigenvalue weighted by Gasteiger charge is 2.62. The van der Waals surface area contributed by atoms with Gasteiger partial charge >= 0.3 is 22.4 Å². The highest BCUT2D eigenvalue weighted by Crippen LogP contribution is 2.51. The Morgan fingerprint density at radius 2 is 1.60 bits per heavy atom. The first-order valence-corrected chi connectivity index (χ1v) is 19.9. The summed E-state index contributed by atoms with van der Waals surface area (Å²) in [6.07, 6.45) is 3.03. The number of hydrogen-bond acceptors (Lipinski definition) is 9. The van der Waals surface area contributed by atoms with Gasteiger partial charge in [-0.3, -0.25) is 0 Å². The molecular weight excluding hydrogens is 620 g/mol. The van der Waals surface area contributed by atoms with Crippen LogP contribution in [0.2, 0.25) is 27.3 Å². The van der Waals surface area contributed by atoms with Crippen molar-refractivity contribution in [3.05, 3.63) is 48.1 Å². The second-order valence-corrected chi connectivity index (χ2v) is 22.4. The molecular formula is C30H43ClN4O5SSi2. The quantitative estimate of drug-likeness (QED) is 0.143. The number of hydrogen-bond donors (Lipinski definition) is 0. The van der Waals surface area contributed by atoms with Crippen molar-refractivity contribution in [2.75, 3.05) is 6.61 Å². The minimum Gasteiger partial charge on any atom is -0.448 e. The number of ether oxygens (including phenoxy) is 2. The molecule has 0 radical (unpaired) electrons. The van der Waals surface area contributed by atoms with Crippen molar-refractivity contribution in [2.45, 2.75) is 102 Å². The van der Waals surface area contributed by atoms with Crippen molar-refractivity contribution in [2.24, 2.45) is 5.92 Å². The normalized spacial score (nSPS) is 25.2. The molecule has 5 rings (SSSR count). The summed E-state index contributed by atoms with van der Waals surface area (Å²) < 4.78 is 36.5. The van der Waals surface area contributed by atoms with E-state index in [1.807, 2.05) is 34.9 Å². The first-order chi connectivity index (χ1) is 20.4. The van der Waals surface area contributed by atoms with Gasteiger partial charge in [-0.2, -0.15) is 0 Å². The zero-order chi connectivity index (χ0) is 31.1. The molecule has 1 aliphatic heterocycles. The summed E-state index contributed by atoms with van der Waals surface area (Å²) in [6.45, 7) is 18.3. The molecule has 3 aromatic rings. The van der Waals surface area contributed by atoms with Gasteiger partial charge in [0.15, 0.2) is 10.8 Å². The molecule has 1 saturated carbocycles. The summed E-state index contributed by atoms with van der Waals surface area (Å²) in [5.74, 6) is 0.621. The zero-order valence-corrected chi connectivity index (χ0v) is 29.8. The molecule has 2 aliphatic rings. The molecule has 0 unspecified atom stereocenters. The Labute approximate surface area is 267 Å². The lowest BCUT2D eigenvalue weighted by Crippen LogP contribution is -2.65. The lowest BCUT2D eigenvalue weighted by molar-refractivity contribution is -0.0235. The number of benzene rings is 1. The molecule has 13 heteroatoms. The van der Waals surface area contributed by atoms with Crippen LogP contribution in [0, 0.1) is 5.92 Å². The molecule has 234 valence electrons.